The van der Waals surface area contributed by atoms with E-state index in [1.165, 1.54) is 19.3 Å². The minimum Gasteiger partial charge on any atom is -0.372 e. The summed E-state index contributed by atoms with van der Waals surface area (Å²) in [7, 11) is 1.98. The van der Waals surface area contributed by atoms with Crippen LogP contribution in [0.4, 0.5) is 0 Å². The van der Waals surface area contributed by atoms with E-state index in [0.717, 1.165) is 12.0 Å². The quantitative estimate of drug-likeness (QED) is 0.881. The molecule has 0 spiro atoms. The van der Waals surface area contributed by atoms with Gasteiger partial charge in [-0.2, -0.15) is 5.26 Å². The van der Waals surface area contributed by atoms with Crippen LogP contribution in [0.3, 0.4) is 0 Å². The third-order valence-electron chi connectivity index (χ3n) is 3.52. The van der Waals surface area contributed by atoms with Crippen LogP contribution in [0.1, 0.15) is 36.9 Å². The highest BCUT2D eigenvalue weighted by Crippen LogP contribution is 2.22. The molecule has 1 saturated carbocycles. The summed E-state index contributed by atoms with van der Waals surface area (Å²) in [6.07, 6.45) is 6.63. The second-order valence-electron chi connectivity index (χ2n) is 4.65. The maximum absolute atomic E-state index is 8.97. The van der Waals surface area contributed by atoms with Crippen LogP contribution in [0.15, 0.2) is 18.3 Å². The van der Waals surface area contributed by atoms with Gasteiger partial charge < -0.3 is 10.1 Å². The van der Waals surface area contributed by atoms with E-state index in [1.807, 2.05) is 19.2 Å². The first kappa shape index (κ1) is 13.0. The van der Waals surface area contributed by atoms with Crippen molar-refractivity contribution in [1.82, 2.24) is 10.3 Å². The van der Waals surface area contributed by atoms with Gasteiger partial charge in [0, 0.05) is 17.8 Å². The summed E-state index contributed by atoms with van der Waals surface area (Å²) in [5, 5.41) is 12.3. The van der Waals surface area contributed by atoms with E-state index in [-0.39, 0.29) is 6.10 Å². The van der Waals surface area contributed by atoms with E-state index < -0.39 is 0 Å². The number of aromatic nitrogens is 1. The molecule has 1 fully saturated rings. The molecule has 0 amide bonds. The standard InChI is InChI=1S/C14H19N3O/c1-16-12-6-2-3-7-14(12)18-10-11-5-4-8-17-13(11)9-15/h4-5,8,12,14,16H,2-3,6-7,10H2,1H3. The fourth-order valence-electron chi connectivity index (χ4n) is 2.48. The zero-order chi connectivity index (χ0) is 12.8. The topological polar surface area (TPSA) is 57.9 Å². The van der Waals surface area contributed by atoms with Gasteiger partial charge in [-0.25, -0.2) is 4.98 Å². The Balaban J connectivity index is 1.96. The SMILES string of the molecule is CNC1CCCCC1OCc1cccnc1C#N. The van der Waals surface area contributed by atoms with E-state index in [0.29, 0.717) is 18.3 Å². The number of nitrogens with zero attached hydrogens (tertiary/aromatic N) is 2. The molecule has 96 valence electrons. The van der Waals surface area contributed by atoms with E-state index >= 15 is 0 Å². The molecule has 2 rings (SSSR count). The number of likely N-dealkylation sites (N-methyl/N-ethyl adjacent to an activating group) is 1. The maximum Gasteiger partial charge on any atom is 0.145 e. The molecule has 1 heterocycles. The minimum absolute atomic E-state index is 0.246. The molecule has 0 radical (unpaired) electrons. The molecule has 2 atom stereocenters. The summed E-state index contributed by atoms with van der Waals surface area (Å²) in [6.45, 7) is 0.472. The van der Waals surface area contributed by atoms with Crippen molar-refractivity contribution in [3.63, 3.8) is 0 Å². The monoisotopic (exact) mass is 245 g/mol. The molecule has 0 aliphatic heterocycles. The zero-order valence-electron chi connectivity index (χ0n) is 10.7. The lowest BCUT2D eigenvalue weighted by atomic mass is 9.92. The van der Waals surface area contributed by atoms with Gasteiger partial charge in [-0.3, -0.25) is 0 Å². The molecule has 0 saturated heterocycles. The first-order valence-corrected chi connectivity index (χ1v) is 6.48. The fourth-order valence-corrected chi connectivity index (χ4v) is 2.48. The molecule has 4 heteroatoms. The smallest absolute Gasteiger partial charge is 0.145 e. The second-order valence-corrected chi connectivity index (χ2v) is 4.65. The Labute approximate surface area is 108 Å². The third kappa shape index (κ3) is 3.06. The Kier molecular flexibility index (Phi) is 4.68. The predicted molar refractivity (Wildman–Crippen MR) is 68.8 cm³/mol. The highest BCUT2D eigenvalue weighted by Gasteiger charge is 2.24. The zero-order valence-corrected chi connectivity index (χ0v) is 10.7. The first-order valence-electron chi connectivity index (χ1n) is 6.48. The molecule has 0 bridgehead atoms. The van der Waals surface area contributed by atoms with E-state index in [9.17, 15) is 0 Å². The molecular weight excluding hydrogens is 226 g/mol. The summed E-state index contributed by atoms with van der Waals surface area (Å²) >= 11 is 0. The van der Waals surface area contributed by atoms with Crippen molar-refractivity contribution < 1.29 is 4.74 Å². The van der Waals surface area contributed by atoms with Gasteiger partial charge in [0.05, 0.1) is 12.7 Å². The van der Waals surface area contributed by atoms with Crippen molar-refractivity contribution in [3.8, 4) is 6.07 Å². The van der Waals surface area contributed by atoms with Gasteiger partial charge in [0.15, 0.2) is 0 Å². The summed E-state index contributed by atoms with van der Waals surface area (Å²) in [5.41, 5.74) is 1.34. The van der Waals surface area contributed by atoms with E-state index in [2.05, 4.69) is 16.4 Å². The number of nitriles is 1. The first-order chi connectivity index (χ1) is 8.85. The van der Waals surface area contributed by atoms with Crippen LogP contribution >= 0.6 is 0 Å². The van der Waals surface area contributed by atoms with Gasteiger partial charge in [0.25, 0.3) is 0 Å². The second kappa shape index (κ2) is 6.48. The fraction of sp³-hybridized carbons (Fsp3) is 0.571. The van der Waals surface area contributed by atoms with Crippen molar-refractivity contribution in [2.24, 2.45) is 0 Å². The highest BCUT2D eigenvalue weighted by atomic mass is 16.5. The normalized spacial score (nSPS) is 23.6. The molecule has 1 aliphatic carbocycles. The lowest BCUT2D eigenvalue weighted by Crippen LogP contribution is -2.41. The van der Waals surface area contributed by atoms with Crippen molar-refractivity contribution in [1.29, 1.82) is 5.26 Å². The molecule has 1 aliphatic rings. The van der Waals surface area contributed by atoms with Gasteiger partial charge in [-0.15, -0.1) is 0 Å². The maximum atomic E-state index is 8.97. The summed E-state index contributed by atoms with van der Waals surface area (Å²) in [4.78, 5) is 4.04. The van der Waals surface area contributed by atoms with Crippen molar-refractivity contribution in [3.05, 3.63) is 29.6 Å². The predicted octanol–water partition coefficient (Wildman–Crippen LogP) is 2.00. The average molecular weight is 245 g/mol. The highest BCUT2D eigenvalue weighted by molar-refractivity contribution is 5.29. The number of pyridine rings is 1. The Morgan fingerprint density at radius 2 is 2.33 bits per heavy atom. The van der Waals surface area contributed by atoms with Crippen LogP contribution in [0.2, 0.25) is 0 Å². The van der Waals surface area contributed by atoms with Crippen LogP contribution in [-0.4, -0.2) is 24.2 Å². The molecule has 2 unspecified atom stereocenters. The molecular formula is C14H19N3O. The lowest BCUT2D eigenvalue weighted by molar-refractivity contribution is -0.00380. The molecule has 1 N–H and O–H groups in total. The number of hydrogen-bond acceptors (Lipinski definition) is 4. The number of rotatable bonds is 4. The number of ether oxygens (including phenoxy) is 1. The molecule has 4 nitrogen and oxygen atoms in total. The van der Waals surface area contributed by atoms with Gasteiger partial charge in [-0.05, 0) is 26.0 Å². The van der Waals surface area contributed by atoms with Gasteiger partial charge in [0.2, 0.25) is 0 Å². The van der Waals surface area contributed by atoms with Crippen molar-refractivity contribution >= 4 is 0 Å². The Hall–Kier alpha value is -1.44. The molecule has 0 aromatic carbocycles. The van der Waals surface area contributed by atoms with E-state index in [4.69, 9.17) is 10.00 Å². The average Bonchev–Trinajstić information content (AvgIpc) is 2.45. The Morgan fingerprint density at radius 3 is 3.11 bits per heavy atom. The summed E-state index contributed by atoms with van der Waals surface area (Å²) in [6, 6.07) is 6.28. The Morgan fingerprint density at radius 1 is 1.50 bits per heavy atom. The van der Waals surface area contributed by atoms with Crippen LogP contribution in [0.25, 0.3) is 0 Å². The molecule has 1 aromatic rings. The van der Waals surface area contributed by atoms with Gasteiger partial charge >= 0.3 is 0 Å². The Bertz CT molecular complexity index is 427. The van der Waals surface area contributed by atoms with Crippen LogP contribution in [0, 0.1) is 11.3 Å². The third-order valence-corrected chi connectivity index (χ3v) is 3.52. The van der Waals surface area contributed by atoms with E-state index in [1.54, 1.807) is 6.20 Å². The largest absolute Gasteiger partial charge is 0.372 e. The van der Waals surface area contributed by atoms with Gasteiger partial charge in [-0.1, -0.05) is 18.9 Å². The van der Waals surface area contributed by atoms with Crippen LogP contribution in [0.5, 0.6) is 0 Å². The molecule has 18 heavy (non-hydrogen) atoms. The summed E-state index contributed by atoms with van der Waals surface area (Å²) < 4.78 is 5.96. The van der Waals surface area contributed by atoms with Crippen LogP contribution < -0.4 is 5.32 Å². The number of nitrogens with one attached hydrogen (secondary N) is 1. The van der Waals surface area contributed by atoms with Crippen molar-refractivity contribution in [2.45, 2.75) is 44.4 Å². The van der Waals surface area contributed by atoms with Crippen molar-refractivity contribution in [2.75, 3.05) is 7.05 Å². The lowest BCUT2D eigenvalue weighted by Gasteiger charge is -2.31. The summed E-state index contributed by atoms with van der Waals surface area (Å²) in [5.74, 6) is 0. The van der Waals surface area contributed by atoms with Crippen LogP contribution in [-0.2, 0) is 11.3 Å². The molecule has 1 aromatic heterocycles. The minimum atomic E-state index is 0.246. The van der Waals surface area contributed by atoms with Gasteiger partial charge in [0.1, 0.15) is 11.8 Å². The number of hydrogen-bond donors (Lipinski definition) is 1.